The second kappa shape index (κ2) is 10.6. The number of aromatic nitrogens is 1. The van der Waals surface area contributed by atoms with Gasteiger partial charge in [-0.2, -0.15) is 0 Å². The van der Waals surface area contributed by atoms with Crippen LogP contribution in [0.4, 0.5) is 0 Å². The van der Waals surface area contributed by atoms with Crippen LogP contribution < -0.4 is 16.2 Å². The number of benzene rings is 1. The number of unbranched alkanes of at least 4 members (excludes halogenated alkanes) is 1. The predicted octanol–water partition coefficient (Wildman–Crippen LogP) is 2.96. The van der Waals surface area contributed by atoms with Crippen LogP contribution >= 0.6 is 0 Å². The molecule has 2 aromatic rings. The lowest BCUT2D eigenvalue weighted by Gasteiger charge is -2.13. The van der Waals surface area contributed by atoms with Gasteiger partial charge in [0.2, 0.25) is 0 Å². The van der Waals surface area contributed by atoms with Crippen molar-refractivity contribution in [2.45, 2.75) is 46.6 Å². The third-order valence-corrected chi connectivity index (χ3v) is 4.58. The summed E-state index contributed by atoms with van der Waals surface area (Å²) in [7, 11) is 1.79. The van der Waals surface area contributed by atoms with Crippen LogP contribution in [0.3, 0.4) is 0 Å². The second-order valence-electron chi connectivity index (χ2n) is 7.04. The standard InChI is InChI=1S/C22H32N4O/c1-17-14-18(2)16-20(15-17)10-12-25-22(23-4)24-11-5-6-13-26-19(3)8-7-9-21(26)27/h7-9,14-16H,5-6,10-13H2,1-4H3,(H2,23,24,25). The number of aliphatic imine (C=N–C) groups is 1. The van der Waals surface area contributed by atoms with Crippen molar-refractivity contribution < 1.29 is 0 Å². The highest BCUT2D eigenvalue weighted by Gasteiger charge is 2.01. The van der Waals surface area contributed by atoms with E-state index in [1.54, 1.807) is 13.1 Å². The zero-order valence-corrected chi connectivity index (χ0v) is 17.0. The van der Waals surface area contributed by atoms with E-state index in [1.165, 1.54) is 16.7 Å². The van der Waals surface area contributed by atoms with E-state index < -0.39 is 0 Å². The lowest BCUT2D eigenvalue weighted by Crippen LogP contribution is -2.38. The van der Waals surface area contributed by atoms with Gasteiger partial charge in [-0.15, -0.1) is 0 Å². The molecule has 5 nitrogen and oxygen atoms in total. The van der Waals surface area contributed by atoms with Crippen LogP contribution in [0.2, 0.25) is 0 Å². The Bertz CT molecular complexity index is 803. The van der Waals surface area contributed by atoms with Gasteiger partial charge in [-0.1, -0.05) is 35.4 Å². The third-order valence-electron chi connectivity index (χ3n) is 4.58. The van der Waals surface area contributed by atoms with Gasteiger partial charge < -0.3 is 15.2 Å². The molecule has 1 heterocycles. The molecule has 0 aliphatic rings. The van der Waals surface area contributed by atoms with Crippen LogP contribution in [0.5, 0.6) is 0 Å². The molecule has 146 valence electrons. The average Bonchev–Trinajstić information content (AvgIpc) is 2.61. The van der Waals surface area contributed by atoms with Crippen molar-refractivity contribution in [1.82, 2.24) is 15.2 Å². The number of hydrogen-bond donors (Lipinski definition) is 2. The molecule has 2 N–H and O–H groups in total. The Balaban J connectivity index is 1.67. The maximum absolute atomic E-state index is 11.9. The van der Waals surface area contributed by atoms with Crippen LogP contribution in [0.25, 0.3) is 0 Å². The third kappa shape index (κ3) is 6.93. The quantitative estimate of drug-likeness (QED) is 0.428. The molecule has 0 radical (unpaired) electrons. The van der Waals surface area contributed by atoms with Crippen molar-refractivity contribution in [2.75, 3.05) is 20.1 Å². The molecule has 1 aromatic heterocycles. The summed E-state index contributed by atoms with van der Waals surface area (Å²) in [5, 5.41) is 6.71. The summed E-state index contributed by atoms with van der Waals surface area (Å²) in [6.07, 6.45) is 2.91. The van der Waals surface area contributed by atoms with Crippen molar-refractivity contribution in [1.29, 1.82) is 0 Å². The van der Waals surface area contributed by atoms with Gasteiger partial charge in [-0.3, -0.25) is 9.79 Å². The van der Waals surface area contributed by atoms with Crippen LogP contribution in [0.1, 0.15) is 35.2 Å². The largest absolute Gasteiger partial charge is 0.356 e. The van der Waals surface area contributed by atoms with Crippen molar-refractivity contribution in [3.05, 3.63) is 69.1 Å². The average molecular weight is 369 g/mol. The van der Waals surface area contributed by atoms with Crippen molar-refractivity contribution in [3.8, 4) is 0 Å². The number of pyridine rings is 1. The highest BCUT2D eigenvalue weighted by atomic mass is 16.1. The Morgan fingerprint density at radius 3 is 2.37 bits per heavy atom. The molecule has 0 saturated carbocycles. The summed E-state index contributed by atoms with van der Waals surface area (Å²) in [6.45, 7) is 8.68. The van der Waals surface area contributed by atoms with Gasteiger partial charge >= 0.3 is 0 Å². The Hall–Kier alpha value is -2.56. The Labute approximate surface area is 162 Å². The fourth-order valence-electron chi connectivity index (χ4n) is 3.27. The van der Waals surface area contributed by atoms with Crippen LogP contribution in [0.15, 0.2) is 46.2 Å². The van der Waals surface area contributed by atoms with Crippen molar-refractivity contribution in [2.24, 2.45) is 4.99 Å². The normalized spacial score (nSPS) is 11.5. The van der Waals surface area contributed by atoms with Gasteiger partial charge in [0.1, 0.15) is 0 Å². The molecule has 0 bridgehead atoms. The van der Waals surface area contributed by atoms with Crippen molar-refractivity contribution in [3.63, 3.8) is 0 Å². The van der Waals surface area contributed by atoms with E-state index in [-0.39, 0.29) is 5.56 Å². The molecule has 2 rings (SSSR count). The fraction of sp³-hybridized carbons (Fsp3) is 0.455. The predicted molar refractivity (Wildman–Crippen MR) is 114 cm³/mol. The Kier molecular flexibility index (Phi) is 8.11. The number of rotatable bonds is 8. The maximum atomic E-state index is 11.9. The van der Waals surface area contributed by atoms with E-state index in [9.17, 15) is 4.79 Å². The molecule has 1 aromatic carbocycles. The van der Waals surface area contributed by atoms with Crippen LogP contribution in [-0.2, 0) is 13.0 Å². The smallest absolute Gasteiger partial charge is 0.250 e. The van der Waals surface area contributed by atoms with Crippen LogP contribution in [-0.4, -0.2) is 30.7 Å². The van der Waals surface area contributed by atoms with E-state index in [2.05, 4.69) is 47.7 Å². The van der Waals surface area contributed by atoms with E-state index in [0.717, 1.165) is 50.6 Å². The zero-order chi connectivity index (χ0) is 19.6. The molecule has 0 aliphatic heterocycles. The number of nitrogens with zero attached hydrogens (tertiary/aromatic N) is 2. The van der Waals surface area contributed by atoms with E-state index in [0.29, 0.717) is 0 Å². The summed E-state index contributed by atoms with van der Waals surface area (Å²) in [6, 6.07) is 12.1. The van der Waals surface area contributed by atoms with Crippen molar-refractivity contribution >= 4 is 5.96 Å². The second-order valence-corrected chi connectivity index (χ2v) is 7.04. The molecule has 0 saturated heterocycles. The SMILES string of the molecule is CN=C(NCCCCn1c(C)cccc1=O)NCCc1cc(C)cc(C)c1. The molecule has 0 spiro atoms. The molecule has 0 amide bonds. The monoisotopic (exact) mass is 368 g/mol. The lowest BCUT2D eigenvalue weighted by molar-refractivity contribution is 0.575. The van der Waals surface area contributed by atoms with E-state index in [1.807, 2.05) is 23.6 Å². The van der Waals surface area contributed by atoms with Gasteiger partial charge in [-0.05, 0) is 51.7 Å². The maximum Gasteiger partial charge on any atom is 0.250 e. The summed E-state index contributed by atoms with van der Waals surface area (Å²) >= 11 is 0. The molecular formula is C22H32N4O. The first-order valence-electron chi connectivity index (χ1n) is 9.68. The molecule has 5 heteroatoms. The molecule has 0 fully saturated rings. The van der Waals surface area contributed by atoms with E-state index in [4.69, 9.17) is 0 Å². The lowest BCUT2D eigenvalue weighted by atomic mass is 10.1. The minimum absolute atomic E-state index is 0.0758. The molecule has 27 heavy (non-hydrogen) atoms. The topological polar surface area (TPSA) is 58.4 Å². The minimum atomic E-state index is 0.0758. The number of aryl methyl sites for hydroxylation is 3. The van der Waals surface area contributed by atoms with Crippen LogP contribution in [0, 0.1) is 20.8 Å². The molecule has 0 unspecified atom stereocenters. The van der Waals surface area contributed by atoms with Gasteiger partial charge in [-0.25, -0.2) is 0 Å². The Morgan fingerprint density at radius 1 is 1.00 bits per heavy atom. The molecule has 0 atom stereocenters. The van der Waals surface area contributed by atoms with Gasteiger partial charge in [0.25, 0.3) is 5.56 Å². The zero-order valence-electron chi connectivity index (χ0n) is 17.0. The highest BCUT2D eigenvalue weighted by Crippen LogP contribution is 2.08. The first-order chi connectivity index (χ1) is 13.0. The summed E-state index contributed by atoms with van der Waals surface area (Å²) in [5.74, 6) is 0.826. The summed E-state index contributed by atoms with van der Waals surface area (Å²) in [4.78, 5) is 16.1. The number of hydrogen-bond acceptors (Lipinski definition) is 2. The van der Waals surface area contributed by atoms with E-state index >= 15 is 0 Å². The number of nitrogens with one attached hydrogen (secondary N) is 2. The molecular weight excluding hydrogens is 336 g/mol. The molecule has 0 aliphatic carbocycles. The van der Waals surface area contributed by atoms with Gasteiger partial charge in [0.05, 0.1) is 0 Å². The fourth-order valence-corrected chi connectivity index (χ4v) is 3.27. The highest BCUT2D eigenvalue weighted by molar-refractivity contribution is 5.79. The first kappa shape index (κ1) is 20.7. The summed E-state index contributed by atoms with van der Waals surface area (Å²) < 4.78 is 1.83. The van der Waals surface area contributed by atoms with Gasteiger partial charge in [0.15, 0.2) is 5.96 Å². The minimum Gasteiger partial charge on any atom is -0.356 e. The Morgan fingerprint density at radius 2 is 1.70 bits per heavy atom. The first-order valence-corrected chi connectivity index (χ1v) is 9.68. The number of guanidine groups is 1. The summed E-state index contributed by atoms with van der Waals surface area (Å²) in [5.41, 5.74) is 5.05. The van der Waals surface area contributed by atoms with Gasteiger partial charge in [0, 0.05) is 38.4 Å².